The summed E-state index contributed by atoms with van der Waals surface area (Å²) in [5.41, 5.74) is 0. The molecule has 0 aliphatic carbocycles. The van der Waals surface area contributed by atoms with Gasteiger partial charge in [-0.2, -0.15) is 4.98 Å². The van der Waals surface area contributed by atoms with Crippen LogP contribution in [0.15, 0.2) is 4.52 Å². The van der Waals surface area contributed by atoms with Crippen LogP contribution in [-0.4, -0.2) is 32.5 Å². The topological polar surface area (TPSA) is 42.2 Å². The first kappa shape index (κ1) is 11.9. The molecular formula is C10H15N3OS2. The minimum Gasteiger partial charge on any atom is -0.358 e. The third-order valence-corrected chi connectivity index (χ3v) is 4.09. The third kappa shape index (κ3) is 2.74. The molecule has 88 valence electrons. The maximum atomic E-state index is 5.40. The molecule has 0 spiro atoms. The molecule has 0 saturated carbocycles. The predicted molar refractivity (Wildman–Crippen MR) is 68.4 cm³/mol. The van der Waals surface area contributed by atoms with E-state index in [1.165, 1.54) is 12.8 Å². The molecule has 0 bridgehead atoms. The second-order valence-corrected chi connectivity index (χ2v) is 5.87. The number of aryl methyl sites for hydroxylation is 1. The van der Waals surface area contributed by atoms with Gasteiger partial charge in [-0.3, -0.25) is 0 Å². The van der Waals surface area contributed by atoms with E-state index >= 15 is 0 Å². The number of aromatic nitrogens is 2. The van der Waals surface area contributed by atoms with E-state index in [0.717, 1.165) is 17.4 Å². The lowest BCUT2D eigenvalue weighted by molar-refractivity contribution is 0.376. The second-order valence-electron chi connectivity index (χ2n) is 3.90. The van der Waals surface area contributed by atoms with Crippen LogP contribution in [0.2, 0.25) is 0 Å². The average molecular weight is 257 g/mol. The zero-order valence-electron chi connectivity index (χ0n) is 9.47. The van der Waals surface area contributed by atoms with Gasteiger partial charge in [0.15, 0.2) is 5.82 Å². The van der Waals surface area contributed by atoms with Crippen molar-refractivity contribution in [2.24, 2.45) is 0 Å². The lowest BCUT2D eigenvalue weighted by Crippen LogP contribution is -2.23. The first-order valence-corrected chi connectivity index (χ1v) is 6.71. The molecule has 1 aromatic rings. The molecule has 0 radical (unpaired) electrons. The highest BCUT2D eigenvalue weighted by atomic mass is 32.2. The van der Waals surface area contributed by atoms with Gasteiger partial charge in [-0.15, -0.1) is 0 Å². The van der Waals surface area contributed by atoms with E-state index in [-0.39, 0.29) is 5.25 Å². The summed E-state index contributed by atoms with van der Waals surface area (Å²) in [5.74, 6) is 1.33. The van der Waals surface area contributed by atoms with Gasteiger partial charge in [0.2, 0.25) is 5.89 Å². The third-order valence-electron chi connectivity index (χ3n) is 2.53. The number of nitrogens with zero attached hydrogens (tertiary/aromatic N) is 3. The van der Waals surface area contributed by atoms with Crippen LogP contribution < -0.4 is 0 Å². The standard InChI is InChI=1S/C10H15N3OS2/c1-7(9-11-8(2)12-14-9)16-10(15)13-5-3-4-6-13/h7H,3-6H2,1-2H3. The number of thiocarbonyl (C=S) groups is 1. The Morgan fingerprint density at radius 2 is 2.19 bits per heavy atom. The van der Waals surface area contributed by atoms with Gasteiger partial charge in [-0.1, -0.05) is 29.1 Å². The zero-order chi connectivity index (χ0) is 11.5. The summed E-state index contributed by atoms with van der Waals surface area (Å²) in [4.78, 5) is 6.46. The molecule has 2 rings (SSSR count). The molecule has 1 saturated heterocycles. The van der Waals surface area contributed by atoms with E-state index in [4.69, 9.17) is 16.7 Å². The van der Waals surface area contributed by atoms with Gasteiger partial charge in [0.1, 0.15) is 4.32 Å². The minimum absolute atomic E-state index is 0.134. The van der Waals surface area contributed by atoms with Crippen LogP contribution in [-0.2, 0) is 0 Å². The smallest absolute Gasteiger partial charge is 0.239 e. The molecule has 16 heavy (non-hydrogen) atoms. The van der Waals surface area contributed by atoms with Crippen molar-refractivity contribution >= 4 is 28.3 Å². The van der Waals surface area contributed by atoms with E-state index in [1.54, 1.807) is 11.8 Å². The molecule has 0 N–H and O–H groups in total. The predicted octanol–water partition coefficient (Wildman–Crippen LogP) is 2.55. The fourth-order valence-electron chi connectivity index (χ4n) is 1.65. The number of hydrogen-bond acceptors (Lipinski definition) is 5. The first-order valence-electron chi connectivity index (χ1n) is 5.42. The Hall–Kier alpha value is -0.620. The molecule has 1 aromatic heterocycles. The highest BCUT2D eigenvalue weighted by Gasteiger charge is 2.21. The molecule has 2 heterocycles. The van der Waals surface area contributed by atoms with Gasteiger partial charge in [0.25, 0.3) is 0 Å². The monoisotopic (exact) mass is 257 g/mol. The Labute approximate surface area is 105 Å². The minimum atomic E-state index is 0.134. The Balaban J connectivity index is 1.91. The van der Waals surface area contributed by atoms with Crippen molar-refractivity contribution in [3.05, 3.63) is 11.7 Å². The fourth-order valence-corrected chi connectivity index (χ4v) is 3.10. The lowest BCUT2D eigenvalue weighted by Gasteiger charge is -2.19. The van der Waals surface area contributed by atoms with Gasteiger partial charge in [-0.05, 0) is 26.7 Å². The Bertz CT molecular complexity index is 374. The van der Waals surface area contributed by atoms with E-state index in [0.29, 0.717) is 11.7 Å². The van der Waals surface area contributed by atoms with Crippen molar-refractivity contribution in [2.45, 2.75) is 31.9 Å². The van der Waals surface area contributed by atoms with Crippen LogP contribution in [0.3, 0.4) is 0 Å². The van der Waals surface area contributed by atoms with Gasteiger partial charge >= 0.3 is 0 Å². The highest BCUT2D eigenvalue weighted by Crippen LogP contribution is 2.30. The van der Waals surface area contributed by atoms with E-state index in [1.807, 2.05) is 13.8 Å². The van der Waals surface area contributed by atoms with Gasteiger partial charge in [0.05, 0.1) is 5.25 Å². The number of rotatable bonds is 2. The Morgan fingerprint density at radius 3 is 2.75 bits per heavy atom. The maximum absolute atomic E-state index is 5.40. The first-order chi connectivity index (χ1) is 7.66. The summed E-state index contributed by atoms with van der Waals surface area (Å²) in [7, 11) is 0. The Kier molecular flexibility index (Phi) is 3.81. The fraction of sp³-hybridized carbons (Fsp3) is 0.700. The number of thioether (sulfide) groups is 1. The van der Waals surface area contributed by atoms with Crippen molar-refractivity contribution in [3.63, 3.8) is 0 Å². The largest absolute Gasteiger partial charge is 0.358 e. The number of likely N-dealkylation sites (tertiary alicyclic amines) is 1. The summed E-state index contributed by atoms with van der Waals surface area (Å²) in [6.07, 6.45) is 2.49. The molecule has 0 aromatic carbocycles. The van der Waals surface area contributed by atoms with E-state index in [9.17, 15) is 0 Å². The molecule has 1 aliphatic heterocycles. The number of hydrogen-bond donors (Lipinski definition) is 0. The molecule has 6 heteroatoms. The van der Waals surface area contributed by atoms with Crippen LogP contribution in [0.1, 0.15) is 36.7 Å². The maximum Gasteiger partial charge on any atom is 0.239 e. The van der Waals surface area contributed by atoms with Crippen molar-refractivity contribution in [1.82, 2.24) is 15.0 Å². The molecule has 1 unspecified atom stereocenters. The van der Waals surface area contributed by atoms with E-state index in [2.05, 4.69) is 15.0 Å². The summed E-state index contributed by atoms with van der Waals surface area (Å²) in [5, 5.41) is 3.92. The van der Waals surface area contributed by atoms with Crippen molar-refractivity contribution < 1.29 is 4.52 Å². The molecule has 1 fully saturated rings. The van der Waals surface area contributed by atoms with Gasteiger partial charge in [0, 0.05) is 13.1 Å². The SMILES string of the molecule is Cc1noc(C(C)SC(=S)N2CCCC2)n1. The molecular weight excluding hydrogens is 242 g/mol. The lowest BCUT2D eigenvalue weighted by atomic mass is 10.4. The highest BCUT2D eigenvalue weighted by molar-refractivity contribution is 8.23. The summed E-state index contributed by atoms with van der Waals surface area (Å²) in [6.45, 7) is 6.03. The van der Waals surface area contributed by atoms with E-state index < -0.39 is 0 Å². The summed E-state index contributed by atoms with van der Waals surface area (Å²) < 4.78 is 6.07. The van der Waals surface area contributed by atoms with Crippen molar-refractivity contribution in [2.75, 3.05) is 13.1 Å². The zero-order valence-corrected chi connectivity index (χ0v) is 11.1. The summed E-state index contributed by atoms with van der Waals surface area (Å²) >= 11 is 7.02. The quantitative estimate of drug-likeness (QED) is 0.759. The second kappa shape index (κ2) is 5.14. The molecule has 1 atom stereocenters. The molecule has 4 nitrogen and oxygen atoms in total. The molecule has 0 amide bonds. The van der Waals surface area contributed by atoms with Crippen LogP contribution in [0.4, 0.5) is 0 Å². The van der Waals surface area contributed by atoms with Crippen LogP contribution >= 0.6 is 24.0 Å². The van der Waals surface area contributed by atoms with Crippen LogP contribution in [0.5, 0.6) is 0 Å². The van der Waals surface area contributed by atoms with Crippen LogP contribution in [0, 0.1) is 6.92 Å². The van der Waals surface area contributed by atoms with Crippen LogP contribution in [0.25, 0.3) is 0 Å². The Morgan fingerprint density at radius 1 is 1.50 bits per heavy atom. The van der Waals surface area contributed by atoms with Crippen molar-refractivity contribution in [1.29, 1.82) is 0 Å². The normalized spacial score (nSPS) is 17.8. The van der Waals surface area contributed by atoms with Gasteiger partial charge < -0.3 is 9.42 Å². The van der Waals surface area contributed by atoms with Crippen molar-refractivity contribution in [3.8, 4) is 0 Å². The molecule has 1 aliphatic rings. The van der Waals surface area contributed by atoms with Gasteiger partial charge in [-0.25, -0.2) is 0 Å². The summed E-state index contributed by atoms with van der Waals surface area (Å²) in [6, 6.07) is 0. The average Bonchev–Trinajstić information content (AvgIpc) is 2.87.